The zero-order valence-electron chi connectivity index (χ0n) is 15.4. The van der Waals surface area contributed by atoms with Gasteiger partial charge in [-0.1, -0.05) is 11.6 Å². The Kier molecular flexibility index (Phi) is 5.95. The fourth-order valence-corrected chi connectivity index (χ4v) is 3.80. The Labute approximate surface area is 171 Å². The van der Waals surface area contributed by atoms with Gasteiger partial charge in [-0.15, -0.1) is 0 Å². The highest BCUT2D eigenvalue weighted by Gasteiger charge is 2.24. The molecule has 1 amide bonds. The Morgan fingerprint density at radius 2 is 1.96 bits per heavy atom. The summed E-state index contributed by atoms with van der Waals surface area (Å²) in [5, 5.41) is 4.58. The maximum absolute atomic E-state index is 14.3. The third kappa shape index (κ3) is 4.06. The molecule has 0 atom stereocenters. The van der Waals surface area contributed by atoms with E-state index in [0.717, 1.165) is 15.9 Å². The third-order valence-corrected chi connectivity index (χ3v) is 5.98. The predicted octanol–water partition coefficient (Wildman–Crippen LogP) is 3.41. The number of piperazine rings is 1. The number of methoxy groups -OCH3 is 1. The topological polar surface area (TPSA) is 50.6 Å². The monoisotopic (exact) mass is 458 g/mol. The number of hydrogen-bond donors (Lipinski definition) is 0. The summed E-state index contributed by atoms with van der Waals surface area (Å²) in [6, 6.07) is 2.86. The van der Waals surface area contributed by atoms with Crippen molar-refractivity contribution in [1.82, 2.24) is 14.7 Å². The lowest BCUT2D eigenvalue weighted by Gasteiger charge is -2.36. The number of hydrogen-bond acceptors (Lipinski definition) is 4. The Bertz CT molecular complexity index is 866. The number of nitrogens with zero attached hydrogens (tertiary/aromatic N) is 4. The number of carbonyl (C=O) groups is 1. The van der Waals surface area contributed by atoms with Gasteiger partial charge in [0, 0.05) is 43.5 Å². The van der Waals surface area contributed by atoms with Crippen LogP contribution in [0.15, 0.2) is 16.7 Å². The number of anilines is 1. The molecule has 3 rings (SSSR count). The van der Waals surface area contributed by atoms with E-state index in [4.69, 9.17) is 16.3 Å². The summed E-state index contributed by atoms with van der Waals surface area (Å²) < 4.78 is 21.9. The molecule has 1 saturated heterocycles. The van der Waals surface area contributed by atoms with Gasteiger partial charge in [0.1, 0.15) is 22.7 Å². The summed E-state index contributed by atoms with van der Waals surface area (Å²) in [6.45, 7) is 6.20. The van der Waals surface area contributed by atoms with Gasteiger partial charge in [0.05, 0.1) is 17.8 Å². The summed E-state index contributed by atoms with van der Waals surface area (Å²) in [5.74, 6) is 0.0386. The van der Waals surface area contributed by atoms with Crippen molar-refractivity contribution in [2.24, 2.45) is 0 Å². The molecule has 0 unspecified atom stereocenters. The molecular formula is C18H21BrClFN4O2. The van der Waals surface area contributed by atoms with Crippen molar-refractivity contribution >= 4 is 39.1 Å². The zero-order valence-corrected chi connectivity index (χ0v) is 17.8. The molecule has 0 bridgehead atoms. The van der Waals surface area contributed by atoms with Crippen LogP contribution in [0.4, 0.5) is 10.1 Å². The van der Waals surface area contributed by atoms with Crippen LogP contribution in [-0.4, -0.2) is 53.9 Å². The number of carbonyl (C=O) groups excluding carboxylic acids is 1. The molecule has 6 nitrogen and oxygen atoms in total. The Morgan fingerprint density at radius 3 is 2.52 bits per heavy atom. The molecule has 1 fully saturated rings. The van der Waals surface area contributed by atoms with Gasteiger partial charge in [0.25, 0.3) is 0 Å². The van der Waals surface area contributed by atoms with Crippen LogP contribution in [0, 0.1) is 19.7 Å². The highest BCUT2D eigenvalue weighted by atomic mass is 79.9. The van der Waals surface area contributed by atoms with E-state index in [2.05, 4.69) is 21.0 Å². The Morgan fingerprint density at radius 1 is 1.30 bits per heavy atom. The van der Waals surface area contributed by atoms with Gasteiger partial charge in [-0.3, -0.25) is 9.48 Å². The molecule has 0 N–H and O–H groups in total. The molecule has 0 aliphatic carbocycles. The number of benzene rings is 1. The normalized spacial score (nSPS) is 14.6. The molecule has 9 heteroatoms. The van der Waals surface area contributed by atoms with Gasteiger partial charge in [-0.05, 0) is 35.8 Å². The molecule has 0 radical (unpaired) electrons. The lowest BCUT2D eigenvalue weighted by atomic mass is 10.2. The second-order valence-corrected chi connectivity index (χ2v) is 7.62. The fourth-order valence-electron chi connectivity index (χ4n) is 3.09. The van der Waals surface area contributed by atoms with E-state index in [0.29, 0.717) is 37.6 Å². The number of halogens is 3. The van der Waals surface area contributed by atoms with Crippen LogP contribution in [0.3, 0.4) is 0 Å². The van der Waals surface area contributed by atoms with Crippen molar-refractivity contribution in [2.75, 3.05) is 38.2 Å². The van der Waals surface area contributed by atoms with Crippen molar-refractivity contribution in [3.63, 3.8) is 0 Å². The number of rotatable bonds is 4. The molecule has 2 heterocycles. The summed E-state index contributed by atoms with van der Waals surface area (Å²) >= 11 is 9.35. The van der Waals surface area contributed by atoms with Crippen molar-refractivity contribution < 1.29 is 13.9 Å². The lowest BCUT2D eigenvalue weighted by Crippen LogP contribution is -2.50. The van der Waals surface area contributed by atoms with Gasteiger partial charge >= 0.3 is 0 Å². The van der Waals surface area contributed by atoms with Crippen LogP contribution < -0.4 is 9.64 Å². The van der Waals surface area contributed by atoms with Crippen LogP contribution in [0.25, 0.3) is 0 Å². The first kappa shape index (κ1) is 19.9. The van der Waals surface area contributed by atoms with Crippen LogP contribution in [0.1, 0.15) is 11.3 Å². The number of amides is 1. The first-order valence-electron chi connectivity index (χ1n) is 8.57. The summed E-state index contributed by atoms with van der Waals surface area (Å²) in [4.78, 5) is 16.3. The van der Waals surface area contributed by atoms with E-state index in [1.54, 1.807) is 15.6 Å². The van der Waals surface area contributed by atoms with Gasteiger partial charge in [-0.25, -0.2) is 4.39 Å². The predicted molar refractivity (Wildman–Crippen MR) is 106 cm³/mol. The highest BCUT2D eigenvalue weighted by molar-refractivity contribution is 9.10. The minimum atomic E-state index is -0.395. The molecule has 1 aliphatic heterocycles. The summed E-state index contributed by atoms with van der Waals surface area (Å²) in [6.07, 6.45) is 0. The molecule has 146 valence electrons. The smallest absolute Gasteiger partial charge is 0.244 e. The second kappa shape index (κ2) is 8.06. The molecule has 0 saturated carbocycles. The fraction of sp³-hybridized carbons (Fsp3) is 0.444. The first-order valence-corrected chi connectivity index (χ1v) is 9.74. The molecule has 1 aromatic heterocycles. The largest absolute Gasteiger partial charge is 0.495 e. The Balaban J connectivity index is 1.65. The first-order chi connectivity index (χ1) is 12.8. The minimum absolute atomic E-state index is 0.00177. The third-order valence-electron chi connectivity index (χ3n) is 4.93. The highest BCUT2D eigenvalue weighted by Crippen LogP contribution is 2.32. The van der Waals surface area contributed by atoms with Crippen molar-refractivity contribution in [3.8, 4) is 5.75 Å². The quantitative estimate of drug-likeness (QED) is 0.703. The van der Waals surface area contributed by atoms with Crippen molar-refractivity contribution in [3.05, 3.63) is 38.8 Å². The standard InChI is InChI=1S/C18H21BrClFN4O2/c1-11-12(2)25(22-18(11)19)10-17(26)24-6-4-23(5-7-24)15-9-16(27-3)13(20)8-14(15)21/h8-9H,4-7,10H2,1-3H3. The minimum Gasteiger partial charge on any atom is -0.495 e. The van der Waals surface area contributed by atoms with Crippen molar-refractivity contribution in [1.29, 1.82) is 0 Å². The average molecular weight is 460 g/mol. The van der Waals surface area contributed by atoms with E-state index in [1.165, 1.54) is 13.2 Å². The SMILES string of the molecule is COc1cc(N2CCN(C(=O)Cn3nc(Br)c(C)c3C)CC2)c(F)cc1Cl. The average Bonchev–Trinajstić information content (AvgIpc) is 2.89. The van der Waals surface area contributed by atoms with Crippen LogP contribution in [0.2, 0.25) is 5.02 Å². The van der Waals surface area contributed by atoms with E-state index >= 15 is 0 Å². The molecular weight excluding hydrogens is 439 g/mol. The van der Waals surface area contributed by atoms with E-state index in [1.807, 2.05) is 18.7 Å². The number of aromatic nitrogens is 2. The van der Waals surface area contributed by atoms with Gasteiger partial charge in [0.2, 0.25) is 5.91 Å². The molecule has 2 aromatic rings. The maximum atomic E-state index is 14.3. The van der Waals surface area contributed by atoms with E-state index in [9.17, 15) is 9.18 Å². The number of ether oxygens (including phenoxy) is 1. The molecule has 1 aromatic carbocycles. The van der Waals surface area contributed by atoms with Crippen molar-refractivity contribution in [2.45, 2.75) is 20.4 Å². The van der Waals surface area contributed by atoms with Gasteiger partial charge in [0.15, 0.2) is 0 Å². The van der Waals surface area contributed by atoms with E-state index in [-0.39, 0.29) is 17.5 Å². The summed E-state index contributed by atoms with van der Waals surface area (Å²) in [5.41, 5.74) is 2.43. The maximum Gasteiger partial charge on any atom is 0.244 e. The molecule has 27 heavy (non-hydrogen) atoms. The molecule has 0 spiro atoms. The van der Waals surface area contributed by atoms with Gasteiger partial charge in [-0.2, -0.15) is 5.10 Å². The lowest BCUT2D eigenvalue weighted by molar-refractivity contribution is -0.132. The Hall–Kier alpha value is -1.80. The van der Waals surface area contributed by atoms with Crippen LogP contribution in [0.5, 0.6) is 5.75 Å². The van der Waals surface area contributed by atoms with E-state index < -0.39 is 5.82 Å². The zero-order chi connectivity index (χ0) is 19.7. The molecule has 1 aliphatic rings. The second-order valence-electron chi connectivity index (χ2n) is 6.46. The summed E-state index contributed by atoms with van der Waals surface area (Å²) in [7, 11) is 1.50. The van der Waals surface area contributed by atoms with Crippen LogP contribution >= 0.6 is 27.5 Å². The van der Waals surface area contributed by atoms with Crippen LogP contribution in [-0.2, 0) is 11.3 Å². The van der Waals surface area contributed by atoms with Gasteiger partial charge < -0.3 is 14.5 Å².